The lowest BCUT2D eigenvalue weighted by molar-refractivity contribution is 0.211. The van der Waals surface area contributed by atoms with E-state index in [4.69, 9.17) is 21.4 Å². The summed E-state index contributed by atoms with van der Waals surface area (Å²) in [6, 6.07) is 14.7. The summed E-state index contributed by atoms with van der Waals surface area (Å²) >= 11 is 5.02. The lowest BCUT2D eigenvalue weighted by Gasteiger charge is -2.22. The fourth-order valence-electron chi connectivity index (χ4n) is 4.38. The first-order valence-electron chi connectivity index (χ1n) is 9.97. The van der Waals surface area contributed by atoms with Crippen LogP contribution in [0.4, 0.5) is 0 Å². The summed E-state index contributed by atoms with van der Waals surface area (Å²) in [7, 11) is 0. The predicted octanol–water partition coefficient (Wildman–Crippen LogP) is 5.85. The van der Waals surface area contributed by atoms with Gasteiger partial charge in [-0.3, -0.25) is 0 Å². The average Bonchev–Trinajstić information content (AvgIpc) is 3.29. The topological polar surface area (TPSA) is 56.0 Å². The van der Waals surface area contributed by atoms with Crippen molar-refractivity contribution in [1.82, 2.24) is 14.8 Å². The van der Waals surface area contributed by atoms with Gasteiger partial charge in [0.1, 0.15) is 12.3 Å². The molecule has 2 heterocycles. The molecule has 144 valence electrons. The van der Waals surface area contributed by atoms with E-state index in [9.17, 15) is 0 Å². The number of ether oxygens (including phenoxy) is 1. The van der Waals surface area contributed by atoms with Gasteiger partial charge in [-0.2, -0.15) is 0 Å². The van der Waals surface area contributed by atoms with Crippen molar-refractivity contribution in [3.63, 3.8) is 0 Å². The van der Waals surface area contributed by atoms with Crippen LogP contribution < -0.4 is 4.74 Å². The zero-order valence-corrected chi connectivity index (χ0v) is 16.5. The van der Waals surface area contributed by atoms with Gasteiger partial charge in [-0.1, -0.05) is 43.5 Å². The Hall–Kier alpha value is -2.60. The highest BCUT2D eigenvalue weighted by atomic mass is 32.1. The van der Waals surface area contributed by atoms with Gasteiger partial charge in [0.05, 0.1) is 12.1 Å². The van der Waals surface area contributed by atoms with E-state index >= 15 is 0 Å². The normalized spacial score (nSPS) is 15.4. The van der Waals surface area contributed by atoms with Crippen molar-refractivity contribution in [2.45, 2.75) is 38.6 Å². The molecule has 5 nitrogen and oxygen atoms in total. The second kappa shape index (κ2) is 7.43. The summed E-state index contributed by atoms with van der Waals surface area (Å²) in [5.41, 5.74) is 2.25. The van der Waals surface area contributed by atoms with Crippen molar-refractivity contribution in [2.75, 3.05) is 6.61 Å². The third kappa shape index (κ3) is 3.22. The van der Waals surface area contributed by atoms with Gasteiger partial charge in [-0.15, -0.1) is 5.10 Å². The lowest BCUT2D eigenvalue weighted by atomic mass is 9.90. The summed E-state index contributed by atoms with van der Waals surface area (Å²) in [4.78, 5) is 0.298. The Bertz CT molecular complexity index is 1170. The second-order valence-electron chi connectivity index (χ2n) is 7.58. The number of hydrogen-bond donors (Lipinski definition) is 1. The van der Waals surface area contributed by atoms with Crippen molar-refractivity contribution in [1.29, 1.82) is 0 Å². The van der Waals surface area contributed by atoms with Gasteiger partial charge in [-0.25, -0.2) is 5.10 Å². The van der Waals surface area contributed by atoms with Crippen molar-refractivity contribution in [3.8, 4) is 5.75 Å². The molecule has 0 aliphatic heterocycles. The Morgan fingerprint density at radius 1 is 1.07 bits per heavy atom. The number of fused-ring (bicyclic) bond motifs is 3. The van der Waals surface area contributed by atoms with Crippen molar-refractivity contribution < 1.29 is 9.15 Å². The number of rotatable bonds is 5. The number of nitrogens with zero attached hydrogens (tertiary/aromatic N) is 2. The molecule has 28 heavy (non-hydrogen) atoms. The molecule has 4 aromatic rings. The quantitative estimate of drug-likeness (QED) is 0.432. The molecule has 0 radical (unpaired) electrons. The molecule has 2 aromatic heterocycles. The number of nitrogens with one attached hydrogen (secondary N) is 1. The maximum Gasteiger partial charge on any atom is 0.284 e. The fourth-order valence-corrected chi connectivity index (χ4v) is 4.52. The van der Waals surface area contributed by atoms with Crippen LogP contribution in [0.25, 0.3) is 21.8 Å². The highest BCUT2D eigenvalue weighted by molar-refractivity contribution is 7.71. The number of para-hydroxylation sites is 1. The zero-order valence-electron chi connectivity index (χ0n) is 15.7. The van der Waals surface area contributed by atoms with E-state index < -0.39 is 0 Å². The fraction of sp³-hybridized carbons (Fsp3) is 0.364. The lowest BCUT2D eigenvalue weighted by Crippen LogP contribution is -2.15. The molecule has 1 aliphatic carbocycles. The maximum absolute atomic E-state index is 6.36. The summed E-state index contributed by atoms with van der Waals surface area (Å²) in [6.07, 6.45) is 6.58. The molecular weight excluding hydrogens is 370 g/mol. The van der Waals surface area contributed by atoms with Gasteiger partial charge >= 0.3 is 0 Å². The van der Waals surface area contributed by atoms with E-state index in [2.05, 4.69) is 57.2 Å². The Balaban J connectivity index is 1.57. The summed E-state index contributed by atoms with van der Waals surface area (Å²) in [6.45, 7) is 1.32. The van der Waals surface area contributed by atoms with Gasteiger partial charge < -0.3 is 13.7 Å². The SMILES string of the molecule is S=c1[nH]nc(Cn2c3ccccc3c3c(OCC4CCCCC4)cccc32)o1. The van der Waals surface area contributed by atoms with Gasteiger partial charge in [0.2, 0.25) is 5.89 Å². The number of aromatic nitrogens is 3. The highest BCUT2D eigenvalue weighted by Gasteiger charge is 2.18. The molecule has 5 rings (SSSR count). The van der Waals surface area contributed by atoms with Crippen LogP contribution in [0, 0.1) is 10.8 Å². The van der Waals surface area contributed by atoms with Crippen LogP contribution in [0.2, 0.25) is 0 Å². The third-order valence-corrected chi connectivity index (χ3v) is 5.91. The number of H-pyrrole nitrogens is 1. The highest BCUT2D eigenvalue weighted by Crippen LogP contribution is 2.36. The Kier molecular flexibility index (Phi) is 4.64. The summed E-state index contributed by atoms with van der Waals surface area (Å²) < 4.78 is 14.1. The van der Waals surface area contributed by atoms with Crippen molar-refractivity contribution in [3.05, 3.63) is 53.2 Å². The molecule has 0 bridgehead atoms. The minimum atomic E-state index is 0.298. The Morgan fingerprint density at radius 2 is 1.89 bits per heavy atom. The molecule has 6 heteroatoms. The molecule has 0 spiro atoms. The van der Waals surface area contributed by atoms with E-state index in [1.54, 1.807) is 0 Å². The van der Waals surface area contributed by atoms with Crippen LogP contribution in [-0.4, -0.2) is 21.4 Å². The van der Waals surface area contributed by atoms with Crippen LogP contribution in [0.5, 0.6) is 5.75 Å². The molecule has 1 saturated carbocycles. The second-order valence-corrected chi connectivity index (χ2v) is 7.95. The summed E-state index contributed by atoms with van der Waals surface area (Å²) in [5, 5.41) is 9.22. The Labute approximate surface area is 168 Å². The van der Waals surface area contributed by atoms with Gasteiger partial charge in [-0.05, 0) is 49.2 Å². The summed E-state index contributed by atoms with van der Waals surface area (Å²) in [5.74, 6) is 2.20. The number of benzene rings is 2. The molecule has 0 amide bonds. The zero-order chi connectivity index (χ0) is 18.9. The first-order chi connectivity index (χ1) is 13.8. The molecule has 1 fully saturated rings. The minimum Gasteiger partial charge on any atom is -0.493 e. The van der Waals surface area contributed by atoms with E-state index in [0.29, 0.717) is 23.2 Å². The molecule has 0 unspecified atom stereocenters. The van der Waals surface area contributed by atoms with Gasteiger partial charge in [0, 0.05) is 16.3 Å². The van der Waals surface area contributed by atoms with E-state index in [1.165, 1.54) is 37.5 Å². The van der Waals surface area contributed by atoms with E-state index in [1.807, 2.05) is 0 Å². The maximum atomic E-state index is 6.36. The monoisotopic (exact) mass is 393 g/mol. The smallest absolute Gasteiger partial charge is 0.284 e. The number of hydrogen-bond acceptors (Lipinski definition) is 4. The molecule has 0 saturated heterocycles. The minimum absolute atomic E-state index is 0.298. The molecule has 2 aromatic carbocycles. The van der Waals surface area contributed by atoms with Crippen LogP contribution in [-0.2, 0) is 6.54 Å². The molecule has 1 aliphatic rings. The largest absolute Gasteiger partial charge is 0.493 e. The standard InChI is InChI=1S/C22H23N3O2S/c28-22-24-23-20(27-22)13-25-17-10-5-4-9-16(17)21-18(25)11-6-12-19(21)26-14-15-7-2-1-3-8-15/h4-6,9-12,15H,1-3,7-8,13-14H2,(H,24,28). The van der Waals surface area contributed by atoms with E-state index in [-0.39, 0.29) is 0 Å². The van der Waals surface area contributed by atoms with Crippen LogP contribution in [0.15, 0.2) is 46.9 Å². The number of aromatic amines is 1. The van der Waals surface area contributed by atoms with Gasteiger partial charge in [0.15, 0.2) is 0 Å². The first-order valence-corrected chi connectivity index (χ1v) is 10.4. The molecular formula is C22H23N3O2S. The first kappa shape index (κ1) is 17.5. The van der Waals surface area contributed by atoms with Crippen LogP contribution >= 0.6 is 12.2 Å². The third-order valence-electron chi connectivity index (χ3n) is 5.73. The van der Waals surface area contributed by atoms with E-state index in [0.717, 1.165) is 28.8 Å². The predicted molar refractivity (Wildman–Crippen MR) is 112 cm³/mol. The van der Waals surface area contributed by atoms with Crippen molar-refractivity contribution >= 4 is 34.0 Å². The van der Waals surface area contributed by atoms with Gasteiger partial charge in [0.25, 0.3) is 4.84 Å². The van der Waals surface area contributed by atoms with Crippen molar-refractivity contribution in [2.24, 2.45) is 5.92 Å². The van der Waals surface area contributed by atoms with Crippen LogP contribution in [0.3, 0.4) is 0 Å². The molecule has 1 N–H and O–H groups in total. The average molecular weight is 394 g/mol. The van der Waals surface area contributed by atoms with Crippen LogP contribution in [0.1, 0.15) is 38.0 Å². The Morgan fingerprint density at radius 3 is 2.71 bits per heavy atom. The molecule has 0 atom stereocenters.